The summed E-state index contributed by atoms with van der Waals surface area (Å²) < 4.78 is 1.83. The first-order valence-corrected chi connectivity index (χ1v) is 6.34. The molecule has 0 spiro atoms. The van der Waals surface area contributed by atoms with E-state index in [1.807, 2.05) is 17.9 Å². The molecule has 1 N–H and O–H groups in total. The number of aromatic nitrogens is 3. The zero-order chi connectivity index (χ0) is 11.4. The van der Waals surface area contributed by atoms with Crippen molar-refractivity contribution < 1.29 is 0 Å². The van der Waals surface area contributed by atoms with Gasteiger partial charge in [-0.15, -0.1) is 5.10 Å². The van der Waals surface area contributed by atoms with E-state index in [0.717, 1.165) is 18.2 Å². The van der Waals surface area contributed by atoms with E-state index in [1.54, 1.807) is 0 Å². The summed E-state index contributed by atoms with van der Waals surface area (Å²) in [5.74, 6) is 0.856. The molecule has 4 heteroatoms. The van der Waals surface area contributed by atoms with E-state index in [4.69, 9.17) is 0 Å². The molecule has 4 nitrogen and oxygen atoms in total. The first kappa shape index (κ1) is 11.6. The zero-order valence-electron chi connectivity index (χ0n) is 10.3. The lowest BCUT2D eigenvalue weighted by molar-refractivity contribution is 0.279. The van der Waals surface area contributed by atoms with Gasteiger partial charge in [-0.3, -0.25) is 4.68 Å². The van der Waals surface area contributed by atoms with Gasteiger partial charge in [-0.05, 0) is 25.7 Å². The van der Waals surface area contributed by atoms with Gasteiger partial charge in [0.15, 0.2) is 0 Å². The lowest BCUT2D eigenvalue weighted by Crippen LogP contribution is -2.34. The number of hydrogen-bond donors (Lipinski definition) is 1. The lowest BCUT2D eigenvalue weighted by Gasteiger charge is -2.28. The van der Waals surface area contributed by atoms with Crippen molar-refractivity contribution in [2.24, 2.45) is 13.0 Å². The van der Waals surface area contributed by atoms with E-state index in [-0.39, 0.29) is 0 Å². The lowest BCUT2D eigenvalue weighted by atomic mass is 9.84. The third-order valence-corrected chi connectivity index (χ3v) is 3.77. The van der Waals surface area contributed by atoms with Crippen LogP contribution in [0.3, 0.4) is 0 Å². The average molecular weight is 222 g/mol. The Morgan fingerprint density at radius 1 is 1.44 bits per heavy atom. The van der Waals surface area contributed by atoms with Crippen LogP contribution < -0.4 is 5.32 Å². The Balaban J connectivity index is 1.78. The molecule has 0 aromatic carbocycles. The SMILES string of the molecule is CC(NCc1cnnn1C)C1CCCCC1. The maximum atomic E-state index is 3.93. The van der Waals surface area contributed by atoms with E-state index in [9.17, 15) is 0 Å². The third-order valence-electron chi connectivity index (χ3n) is 3.77. The highest BCUT2D eigenvalue weighted by atomic mass is 15.4. The molecule has 0 bridgehead atoms. The highest BCUT2D eigenvalue weighted by Crippen LogP contribution is 2.26. The van der Waals surface area contributed by atoms with Gasteiger partial charge in [-0.25, -0.2) is 0 Å². The second-order valence-electron chi connectivity index (χ2n) is 4.92. The zero-order valence-corrected chi connectivity index (χ0v) is 10.3. The van der Waals surface area contributed by atoms with E-state index in [1.165, 1.54) is 32.1 Å². The van der Waals surface area contributed by atoms with Gasteiger partial charge in [0, 0.05) is 19.6 Å². The van der Waals surface area contributed by atoms with Crippen LogP contribution in [-0.2, 0) is 13.6 Å². The largest absolute Gasteiger partial charge is 0.308 e. The molecular weight excluding hydrogens is 200 g/mol. The second kappa shape index (κ2) is 5.43. The summed E-state index contributed by atoms with van der Waals surface area (Å²) >= 11 is 0. The molecule has 1 aliphatic carbocycles. The minimum atomic E-state index is 0.607. The van der Waals surface area contributed by atoms with E-state index < -0.39 is 0 Å². The van der Waals surface area contributed by atoms with Crippen LogP contribution >= 0.6 is 0 Å². The molecule has 1 saturated carbocycles. The van der Waals surface area contributed by atoms with Gasteiger partial charge in [0.2, 0.25) is 0 Å². The van der Waals surface area contributed by atoms with Crippen molar-refractivity contribution in [2.45, 2.75) is 51.6 Å². The molecule has 90 valence electrons. The second-order valence-corrected chi connectivity index (χ2v) is 4.92. The Hall–Kier alpha value is -0.900. The fraction of sp³-hybridized carbons (Fsp3) is 0.833. The summed E-state index contributed by atoms with van der Waals surface area (Å²) in [4.78, 5) is 0. The van der Waals surface area contributed by atoms with Crippen LogP contribution in [0, 0.1) is 5.92 Å². The van der Waals surface area contributed by atoms with Gasteiger partial charge in [0.05, 0.1) is 11.9 Å². The van der Waals surface area contributed by atoms with Gasteiger partial charge >= 0.3 is 0 Å². The van der Waals surface area contributed by atoms with Crippen molar-refractivity contribution in [1.82, 2.24) is 20.3 Å². The number of nitrogens with one attached hydrogen (secondary N) is 1. The summed E-state index contributed by atoms with van der Waals surface area (Å²) in [5, 5.41) is 11.4. The van der Waals surface area contributed by atoms with Crippen LogP contribution in [-0.4, -0.2) is 21.0 Å². The van der Waals surface area contributed by atoms with E-state index in [2.05, 4.69) is 22.6 Å². The van der Waals surface area contributed by atoms with Crippen LogP contribution in [0.5, 0.6) is 0 Å². The molecule has 1 aromatic rings. The van der Waals surface area contributed by atoms with Gasteiger partial charge in [-0.2, -0.15) is 0 Å². The highest BCUT2D eigenvalue weighted by Gasteiger charge is 2.19. The fourth-order valence-electron chi connectivity index (χ4n) is 2.54. The molecule has 0 amide bonds. The number of hydrogen-bond acceptors (Lipinski definition) is 3. The number of aryl methyl sites for hydroxylation is 1. The molecule has 1 aromatic heterocycles. The van der Waals surface area contributed by atoms with Crippen molar-refractivity contribution in [2.75, 3.05) is 0 Å². The van der Waals surface area contributed by atoms with Gasteiger partial charge in [-0.1, -0.05) is 24.5 Å². The van der Waals surface area contributed by atoms with Crippen LogP contribution in [0.15, 0.2) is 6.20 Å². The van der Waals surface area contributed by atoms with Crippen molar-refractivity contribution in [3.05, 3.63) is 11.9 Å². The minimum Gasteiger partial charge on any atom is -0.308 e. The predicted molar refractivity (Wildman–Crippen MR) is 63.9 cm³/mol. The first-order valence-electron chi connectivity index (χ1n) is 6.34. The van der Waals surface area contributed by atoms with Gasteiger partial charge < -0.3 is 5.32 Å². The first-order chi connectivity index (χ1) is 7.77. The molecule has 1 fully saturated rings. The van der Waals surface area contributed by atoms with Crippen LogP contribution in [0.2, 0.25) is 0 Å². The molecule has 1 unspecified atom stereocenters. The molecule has 0 radical (unpaired) electrons. The van der Waals surface area contributed by atoms with E-state index >= 15 is 0 Å². The Morgan fingerprint density at radius 3 is 2.81 bits per heavy atom. The average Bonchev–Trinajstić information content (AvgIpc) is 2.73. The maximum absolute atomic E-state index is 3.93. The Morgan fingerprint density at radius 2 is 2.19 bits per heavy atom. The summed E-state index contributed by atoms with van der Waals surface area (Å²) in [6.07, 6.45) is 8.85. The van der Waals surface area contributed by atoms with Crippen molar-refractivity contribution in [3.63, 3.8) is 0 Å². The molecule has 0 aliphatic heterocycles. The summed E-state index contributed by atoms with van der Waals surface area (Å²) in [7, 11) is 1.94. The Labute approximate surface area is 97.4 Å². The van der Waals surface area contributed by atoms with E-state index in [0.29, 0.717) is 6.04 Å². The van der Waals surface area contributed by atoms with Gasteiger partial charge in [0.1, 0.15) is 0 Å². The van der Waals surface area contributed by atoms with Crippen molar-refractivity contribution in [1.29, 1.82) is 0 Å². The maximum Gasteiger partial charge on any atom is 0.0738 e. The molecule has 1 atom stereocenters. The molecule has 16 heavy (non-hydrogen) atoms. The van der Waals surface area contributed by atoms with Crippen LogP contribution in [0.4, 0.5) is 0 Å². The molecule has 2 rings (SSSR count). The molecule has 0 saturated heterocycles. The third kappa shape index (κ3) is 2.82. The monoisotopic (exact) mass is 222 g/mol. The van der Waals surface area contributed by atoms with Crippen LogP contribution in [0.1, 0.15) is 44.7 Å². The number of rotatable bonds is 4. The highest BCUT2D eigenvalue weighted by molar-refractivity contribution is 4.93. The topological polar surface area (TPSA) is 42.7 Å². The molecule has 1 heterocycles. The Bertz CT molecular complexity index is 315. The molecular formula is C12H22N4. The Kier molecular flexibility index (Phi) is 3.93. The van der Waals surface area contributed by atoms with Gasteiger partial charge in [0.25, 0.3) is 0 Å². The number of nitrogens with zero attached hydrogens (tertiary/aromatic N) is 3. The molecule has 1 aliphatic rings. The van der Waals surface area contributed by atoms with Crippen molar-refractivity contribution >= 4 is 0 Å². The van der Waals surface area contributed by atoms with Crippen LogP contribution in [0.25, 0.3) is 0 Å². The quantitative estimate of drug-likeness (QED) is 0.845. The minimum absolute atomic E-state index is 0.607. The summed E-state index contributed by atoms with van der Waals surface area (Å²) in [6, 6.07) is 0.607. The summed E-state index contributed by atoms with van der Waals surface area (Å²) in [5.41, 5.74) is 1.16. The predicted octanol–water partition coefficient (Wildman–Crippen LogP) is 1.87. The van der Waals surface area contributed by atoms with Crippen molar-refractivity contribution in [3.8, 4) is 0 Å². The normalized spacial score (nSPS) is 19.9. The smallest absolute Gasteiger partial charge is 0.0738 e. The standard InChI is InChI=1S/C12H22N4/c1-10(11-6-4-3-5-7-11)13-8-12-9-14-15-16(12)2/h9-11,13H,3-8H2,1-2H3. The fourth-order valence-corrected chi connectivity index (χ4v) is 2.54. The summed E-state index contributed by atoms with van der Waals surface area (Å²) in [6.45, 7) is 3.18.